The molecule has 1 heterocycles. The van der Waals surface area contributed by atoms with E-state index in [1.54, 1.807) is 0 Å². The third-order valence-electron chi connectivity index (χ3n) is 2.47. The van der Waals surface area contributed by atoms with Crippen LogP contribution >= 0.6 is 0 Å². The van der Waals surface area contributed by atoms with Crippen LogP contribution < -0.4 is 0 Å². The van der Waals surface area contributed by atoms with Gasteiger partial charge in [0.05, 0.1) is 0 Å². The van der Waals surface area contributed by atoms with Gasteiger partial charge in [0.15, 0.2) is 0 Å². The Morgan fingerprint density at radius 3 is 2.69 bits per heavy atom. The van der Waals surface area contributed by atoms with Crippen molar-refractivity contribution in [3.63, 3.8) is 0 Å². The standard InChI is InChI=1S/C10H18O3/c11-5-1-2-10(12)8-9-3-6-13-7-4-9/h9,11H,1-8H2. The van der Waals surface area contributed by atoms with E-state index in [1.807, 2.05) is 0 Å². The Kier molecular flexibility index (Phi) is 5.01. The van der Waals surface area contributed by atoms with Gasteiger partial charge in [-0.25, -0.2) is 0 Å². The molecule has 0 aromatic carbocycles. The lowest BCUT2D eigenvalue weighted by atomic mass is 9.93. The van der Waals surface area contributed by atoms with Crippen molar-refractivity contribution in [1.82, 2.24) is 0 Å². The van der Waals surface area contributed by atoms with Crippen LogP contribution in [0.5, 0.6) is 0 Å². The van der Waals surface area contributed by atoms with E-state index in [0.29, 0.717) is 31.0 Å². The fourth-order valence-corrected chi connectivity index (χ4v) is 1.65. The Balaban J connectivity index is 2.11. The van der Waals surface area contributed by atoms with Crippen molar-refractivity contribution in [2.45, 2.75) is 32.1 Å². The van der Waals surface area contributed by atoms with E-state index in [1.165, 1.54) is 0 Å². The molecule has 0 unspecified atom stereocenters. The monoisotopic (exact) mass is 186 g/mol. The van der Waals surface area contributed by atoms with E-state index >= 15 is 0 Å². The number of rotatable bonds is 5. The number of hydrogen-bond acceptors (Lipinski definition) is 3. The number of ether oxygens (including phenoxy) is 1. The third-order valence-corrected chi connectivity index (χ3v) is 2.47. The number of Topliss-reactive ketones (excluding diaryl/α,β-unsaturated/α-hetero) is 1. The molecule has 1 N–H and O–H groups in total. The molecule has 0 amide bonds. The summed E-state index contributed by atoms with van der Waals surface area (Å²) in [7, 11) is 0. The highest BCUT2D eigenvalue weighted by Gasteiger charge is 2.16. The van der Waals surface area contributed by atoms with Gasteiger partial charge in [-0.05, 0) is 25.2 Å². The van der Waals surface area contributed by atoms with Crippen molar-refractivity contribution in [3.8, 4) is 0 Å². The molecule has 0 aliphatic carbocycles. The average Bonchev–Trinajstić information content (AvgIpc) is 2.16. The Labute approximate surface area is 79.1 Å². The van der Waals surface area contributed by atoms with Crippen molar-refractivity contribution in [3.05, 3.63) is 0 Å². The molecule has 0 spiro atoms. The third kappa shape index (κ3) is 4.39. The molecule has 0 aromatic rings. The molecule has 0 aromatic heterocycles. The summed E-state index contributed by atoms with van der Waals surface area (Å²) < 4.78 is 5.21. The number of aliphatic hydroxyl groups excluding tert-OH is 1. The van der Waals surface area contributed by atoms with Crippen LogP contribution in [0.4, 0.5) is 0 Å². The number of ketones is 1. The molecule has 1 saturated heterocycles. The van der Waals surface area contributed by atoms with E-state index in [0.717, 1.165) is 26.1 Å². The van der Waals surface area contributed by atoms with Crippen LogP contribution in [-0.2, 0) is 9.53 Å². The summed E-state index contributed by atoms with van der Waals surface area (Å²) in [6.07, 6.45) is 3.87. The number of carbonyl (C=O) groups excluding carboxylic acids is 1. The van der Waals surface area contributed by atoms with Gasteiger partial charge in [-0.3, -0.25) is 4.79 Å². The Bertz CT molecular complexity index is 150. The minimum absolute atomic E-state index is 0.125. The first-order valence-electron chi connectivity index (χ1n) is 5.03. The summed E-state index contributed by atoms with van der Waals surface area (Å²) in [5.74, 6) is 0.820. The van der Waals surface area contributed by atoms with Crippen LogP contribution in [0.15, 0.2) is 0 Å². The molecular weight excluding hydrogens is 168 g/mol. The minimum atomic E-state index is 0.125. The highest BCUT2D eigenvalue weighted by molar-refractivity contribution is 5.78. The quantitative estimate of drug-likeness (QED) is 0.700. The van der Waals surface area contributed by atoms with Gasteiger partial charge in [-0.15, -0.1) is 0 Å². The van der Waals surface area contributed by atoms with E-state index in [9.17, 15) is 4.79 Å². The van der Waals surface area contributed by atoms with Crippen LogP contribution in [0.25, 0.3) is 0 Å². The van der Waals surface area contributed by atoms with Gasteiger partial charge in [0.1, 0.15) is 5.78 Å². The molecule has 1 rings (SSSR count). The van der Waals surface area contributed by atoms with Gasteiger partial charge < -0.3 is 9.84 Å². The molecule has 1 aliphatic heterocycles. The van der Waals surface area contributed by atoms with Crippen LogP contribution in [0, 0.1) is 5.92 Å². The second kappa shape index (κ2) is 6.11. The maximum atomic E-state index is 11.3. The lowest BCUT2D eigenvalue weighted by molar-refractivity contribution is -0.120. The van der Waals surface area contributed by atoms with Crippen molar-refractivity contribution in [2.24, 2.45) is 5.92 Å². The SMILES string of the molecule is O=C(CCCO)CC1CCOCC1. The predicted molar refractivity (Wildman–Crippen MR) is 49.5 cm³/mol. The summed E-state index contributed by atoms with van der Waals surface area (Å²) in [4.78, 5) is 11.3. The predicted octanol–water partition coefficient (Wildman–Crippen LogP) is 1.14. The summed E-state index contributed by atoms with van der Waals surface area (Å²) in [5.41, 5.74) is 0. The smallest absolute Gasteiger partial charge is 0.133 e. The normalized spacial score (nSPS) is 18.8. The van der Waals surface area contributed by atoms with Crippen molar-refractivity contribution in [1.29, 1.82) is 0 Å². The lowest BCUT2D eigenvalue weighted by Gasteiger charge is -2.21. The molecule has 0 saturated carbocycles. The topological polar surface area (TPSA) is 46.5 Å². The van der Waals surface area contributed by atoms with Crippen LogP contribution in [0.1, 0.15) is 32.1 Å². The second-order valence-electron chi connectivity index (χ2n) is 3.63. The molecular formula is C10H18O3. The molecule has 1 fully saturated rings. The maximum absolute atomic E-state index is 11.3. The van der Waals surface area contributed by atoms with Gasteiger partial charge in [-0.2, -0.15) is 0 Å². The van der Waals surface area contributed by atoms with E-state index < -0.39 is 0 Å². The number of hydrogen-bond donors (Lipinski definition) is 1. The summed E-state index contributed by atoms with van der Waals surface area (Å²) in [5, 5.41) is 8.55. The van der Waals surface area contributed by atoms with Crippen molar-refractivity contribution < 1.29 is 14.6 Å². The molecule has 0 radical (unpaired) electrons. The number of carbonyl (C=O) groups is 1. The first-order valence-corrected chi connectivity index (χ1v) is 5.03. The van der Waals surface area contributed by atoms with Gasteiger partial charge in [-0.1, -0.05) is 0 Å². The molecule has 3 heteroatoms. The number of aliphatic hydroxyl groups is 1. The van der Waals surface area contributed by atoms with Crippen molar-refractivity contribution >= 4 is 5.78 Å². The van der Waals surface area contributed by atoms with Crippen molar-refractivity contribution in [2.75, 3.05) is 19.8 Å². The van der Waals surface area contributed by atoms with E-state index in [4.69, 9.17) is 9.84 Å². The Hall–Kier alpha value is -0.410. The van der Waals surface area contributed by atoms with E-state index in [-0.39, 0.29) is 6.61 Å². The fraction of sp³-hybridized carbons (Fsp3) is 0.900. The Morgan fingerprint density at radius 2 is 2.08 bits per heavy atom. The van der Waals surface area contributed by atoms with Gasteiger partial charge in [0.25, 0.3) is 0 Å². The van der Waals surface area contributed by atoms with Crippen LogP contribution in [-0.4, -0.2) is 30.7 Å². The first-order chi connectivity index (χ1) is 6.33. The maximum Gasteiger partial charge on any atom is 0.133 e. The lowest BCUT2D eigenvalue weighted by Crippen LogP contribution is -2.18. The summed E-state index contributed by atoms with van der Waals surface area (Å²) >= 11 is 0. The summed E-state index contributed by atoms with van der Waals surface area (Å²) in [6.45, 7) is 1.73. The van der Waals surface area contributed by atoms with Crippen LogP contribution in [0.3, 0.4) is 0 Å². The molecule has 76 valence electrons. The van der Waals surface area contributed by atoms with Gasteiger partial charge >= 0.3 is 0 Å². The van der Waals surface area contributed by atoms with Gasteiger partial charge in [0, 0.05) is 32.7 Å². The largest absolute Gasteiger partial charge is 0.396 e. The highest BCUT2D eigenvalue weighted by atomic mass is 16.5. The first kappa shape index (κ1) is 10.7. The molecule has 0 atom stereocenters. The molecule has 13 heavy (non-hydrogen) atoms. The minimum Gasteiger partial charge on any atom is -0.396 e. The molecule has 0 bridgehead atoms. The second-order valence-corrected chi connectivity index (χ2v) is 3.63. The highest BCUT2D eigenvalue weighted by Crippen LogP contribution is 2.19. The molecule has 1 aliphatic rings. The summed E-state index contributed by atoms with van der Waals surface area (Å²) in [6, 6.07) is 0. The molecule has 3 nitrogen and oxygen atoms in total. The zero-order chi connectivity index (χ0) is 9.52. The zero-order valence-corrected chi connectivity index (χ0v) is 8.00. The van der Waals surface area contributed by atoms with Crippen LogP contribution in [0.2, 0.25) is 0 Å². The average molecular weight is 186 g/mol. The van der Waals surface area contributed by atoms with E-state index in [2.05, 4.69) is 0 Å². The van der Waals surface area contributed by atoms with Gasteiger partial charge in [0.2, 0.25) is 0 Å². The fourth-order valence-electron chi connectivity index (χ4n) is 1.65. The zero-order valence-electron chi connectivity index (χ0n) is 8.00. The Morgan fingerprint density at radius 1 is 1.38 bits per heavy atom.